The normalized spacial score (nSPS) is 10.9. The van der Waals surface area contributed by atoms with Gasteiger partial charge in [-0.05, 0) is 20.3 Å². The van der Waals surface area contributed by atoms with Crippen molar-refractivity contribution in [3.63, 3.8) is 0 Å². The van der Waals surface area contributed by atoms with Crippen LogP contribution in [-0.2, 0) is 6.42 Å². The summed E-state index contributed by atoms with van der Waals surface area (Å²) in [4.78, 5) is 5.29. The number of alkyl halides is 1. The highest BCUT2D eigenvalue weighted by Crippen LogP contribution is 2.28. The minimum Gasteiger partial charge on any atom is -0.420 e. The summed E-state index contributed by atoms with van der Waals surface area (Å²) in [6, 6.07) is 0. The van der Waals surface area contributed by atoms with Crippen LogP contribution in [0.15, 0.2) is 4.42 Å². The van der Waals surface area contributed by atoms with Gasteiger partial charge in [0.1, 0.15) is 4.88 Å². The predicted molar refractivity (Wildman–Crippen MR) is 63.9 cm³/mol. The molecule has 0 bridgehead atoms. The lowest BCUT2D eigenvalue weighted by Gasteiger charge is -1.90. The summed E-state index contributed by atoms with van der Waals surface area (Å²) >= 11 is 7.18. The van der Waals surface area contributed by atoms with E-state index in [2.05, 4.69) is 15.2 Å². The molecule has 0 amide bonds. The molecular formula is C10H12ClN3OS. The van der Waals surface area contributed by atoms with E-state index in [4.69, 9.17) is 16.0 Å². The molecule has 0 atom stereocenters. The average molecular weight is 258 g/mol. The maximum absolute atomic E-state index is 5.61. The third-order valence-corrected chi connectivity index (χ3v) is 3.42. The third-order valence-electron chi connectivity index (χ3n) is 2.09. The number of rotatable bonds is 4. The van der Waals surface area contributed by atoms with E-state index in [1.54, 1.807) is 11.3 Å². The molecule has 0 unspecified atom stereocenters. The number of hydrogen-bond donors (Lipinski definition) is 0. The van der Waals surface area contributed by atoms with E-state index in [-0.39, 0.29) is 0 Å². The molecule has 0 fully saturated rings. The molecule has 16 heavy (non-hydrogen) atoms. The van der Waals surface area contributed by atoms with Crippen LogP contribution in [0.25, 0.3) is 10.8 Å². The summed E-state index contributed by atoms with van der Waals surface area (Å²) in [5.74, 6) is 1.81. The maximum Gasteiger partial charge on any atom is 0.259 e. The van der Waals surface area contributed by atoms with Crippen LogP contribution in [0.3, 0.4) is 0 Å². The Morgan fingerprint density at radius 1 is 1.31 bits per heavy atom. The Bertz CT molecular complexity index is 480. The van der Waals surface area contributed by atoms with Gasteiger partial charge in [0.25, 0.3) is 5.89 Å². The van der Waals surface area contributed by atoms with Gasteiger partial charge >= 0.3 is 0 Å². The number of aryl methyl sites for hydroxylation is 3. The quantitative estimate of drug-likeness (QED) is 0.790. The summed E-state index contributed by atoms with van der Waals surface area (Å²) < 4.78 is 5.56. The predicted octanol–water partition coefficient (Wildman–Crippen LogP) is 2.98. The second-order valence-electron chi connectivity index (χ2n) is 3.44. The zero-order valence-electron chi connectivity index (χ0n) is 9.16. The molecule has 0 saturated heterocycles. The molecule has 0 N–H and O–H groups in total. The topological polar surface area (TPSA) is 51.8 Å². The van der Waals surface area contributed by atoms with Gasteiger partial charge in [-0.3, -0.25) is 0 Å². The van der Waals surface area contributed by atoms with E-state index in [1.165, 1.54) is 0 Å². The standard InChI is InChI=1S/C10H12ClN3OS/c1-6-9(16-7(2)12-6)10-14-13-8(15-10)4-3-5-11/h3-5H2,1-2H3. The monoisotopic (exact) mass is 257 g/mol. The Balaban J connectivity index is 2.21. The van der Waals surface area contributed by atoms with Crippen LogP contribution >= 0.6 is 22.9 Å². The fourth-order valence-electron chi connectivity index (χ4n) is 1.39. The van der Waals surface area contributed by atoms with Crippen molar-refractivity contribution in [3.8, 4) is 10.8 Å². The summed E-state index contributed by atoms with van der Waals surface area (Å²) in [6.07, 6.45) is 1.58. The van der Waals surface area contributed by atoms with E-state index < -0.39 is 0 Å². The first kappa shape index (κ1) is 11.5. The maximum atomic E-state index is 5.61. The van der Waals surface area contributed by atoms with Gasteiger partial charge in [-0.1, -0.05) is 0 Å². The zero-order chi connectivity index (χ0) is 11.5. The Labute approximate surface area is 103 Å². The molecular weight excluding hydrogens is 246 g/mol. The van der Waals surface area contributed by atoms with Gasteiger partial charge in [-0.15, -0.1) is 33.1 Å². The molecule has 0 radical (unpaired) electrons. The number of nitrogens with zero attached hydrogens (tertiary/aromatic N) is 3. The molecule has 4 nitrogen and oxygen atoms in total. The van der Waals surface area contributed by atoms with Gasteiger partial charge in [0.15, 0.2) is 0 Å². The largest absolute Gasteiger partial charge is 0.420 e. The summed E-state index contributed by atoms with van der Waals surface area (Å²) in [5.41, 5.74) is 0.940. The molecule has 0 aliphatic heterocycles. The smallest absolute Gasteiger partial charge is 0.259 e. The van der Waals surface area contributed by atoms with E-state index in [0.717, 1.165) is 28.4 Å². The average Bonchev–Trinajstić information content (AvgIpc) is 2.82. The van der Waals surface area contributed by atoms with Crippen LogP contribution in [0.2, 0.25) is 0 Å². The van der Waals surface area contributed by atoms with Crippen LogP contribution in [0.5, 0.6) is 0 Å². The minimum absolute atomic E-state index is 0.563. The van der Waals surface area contributed by atoms with Gasteiger partial charge in [0.2, 0.25) is 5.89 Å². The van der Waals surface area contributed by atoms with Crippen molar-refractivity contribution in [2.24, 2.45) is 0 Å². The molecule has 86 valence electrons. The fourth-order valence-corrected chi connectivity index (χ4v) is 2.37. The minimum atomic E-state index is 0.563. The molecule has 0 aromatic carbocycles. The molecule has 0 saturated carbocycles. The van der Waals surface area contributed by atoms with Crippen molar-refractivity contribution in [2.75, 3.05) is 5.88 Å². The van der Waals surface area contributed by atoms with Crippen molar-refractivity contribution in [3.05, 3.63) is 16.6 Å². The van der Waals surface area contributed by atoms with Crippen molar-refractivity contribution >= 4 is 22.9 Å². The van der Waals surface area contributed by atoms with E-state index >= 15 is 0 Å². The molecule has 2 aromatic heterocycles. The number of halogens is 1. The molecule has 6 heteroatoms. The van der Waals surface area contributed by atoms with Crippen LogP contribution in [0.1, 0.15) is 23.0 Å². The van der Waals surface area contributed by atoms with Gasteiger partial charge in [-0.25, -0.2) is 4.98 Å². The first-order chi connectivity index (χ1) is 7.70. The van der Waals surface area contributed by atoms with Crippen LogP contribution in [-0.4, -0.2) is 21.1 Å². The molecule has 2 rings (SSSR count). The molecule has 0 aliphatic rings. The third kappa shape index (κ3) is 2.41. The second-order valence-corrected chi connectivity index (χ2v) is 5.02. The highest BCUT2D eigenvalue weighted by Gasteiger charge is 2.14. The number of aromatic nitrogens is 3. The lowest BCUT2D eigenvalue weighted by atomic mass is 10.3. The number of hydrogen-bond acceptors (Lipinski definition) is 5. The van der Waals surface area contributed by atoms with Crippen molar-refractivity contribution in [1.82, 2.24) is 15.2 Å². The highest BCUT2D eigenvalue weighted by atomic mass is 35.5. The van der Waals surface area contributed by atoms with E-state index in [1.807, 2.05) is 13.8 Å². The summed E-state index contributed by atoms with van der Waals surface area (Å²) in [7, 11) is 0. The first-order valence-electron chi connectivity index (χ1n) is 5.03. The summed E-state index contributed by atoms with van der Waals surface area (Å²) in [6.45, 7) is 3.91. The van der Waals surface area contributed by atoms with E-state index in [0.29, 0.717) is 17.7 Å². The lowest BCUT2D eigenvalue weighted by Crippen LogP contribution is -1.85. The SMILES string of the molecule is Cc1nc(C)c(-c2nnc(CCCCl)o2)s1. The Hall–Kier alpha value is -0.940. The first-order valence-corrected chi connectivity index (χ1v) is 6.38. The van der Waals surface area contributed by atoms with Gasteiger partial charge in [0.05, 0.1) is 10.7 Å². The Kier molecular flexibility index (Phi) is 3.56. The van der Waals surface area contributed by atoms with Crippen molar-refractivity contribution < 1.29 is 4.42 Å². The number of thiazole rings is 1. The fraction of sp³-hybridized carbons (Fsp3) is 0.500. The Morgan fingerprint density at radius 2 is 2.12 bits per heavy atom. The van der Waals surface area contributed by atoms with Crippen LogP contribution in [0.4, 0.5) is 0 Å². The molecule has 0 spiro atoms. The molecule has 2 heterocycles. The van der Waals surface area contributed by atoms with Gasteiger partial charge < -0.3 is 4.42 Å². The van der Waals surface area contributed by atoms with Crippen molar-refractivity contribution in [2.45, 2.75) is 26.7 Å². The Morgan fingerprint density at radius 3 is 2.75 bits per heavy atom. The van der Waals surface area contributed by atoms with Gasteiger partial charge in [-0.2, -0.15) is 0 Å². The second kappa shape index (κ2) is 4.93. The molecule has 2 aromatic rings. The van der Waals surface area contributed by atoms with Crippen LogP contribution in [0, 0.1) is 13.8 Å². The lowest BCUT2D eigenvalue weighted by molar-refractivity contribution is 0.503. The van der Waals surface area contributed by atoms with Crippen LogP contribution < -0.4 is 0 Å². The highest BCUT2D eigenvalue weighted by molar-refractivity contribution is 7.15. The van der Waals surface area contributed by atoms with Gasteiger partial charge in [0, 0.05) is 12.3 Å². The molecule has 0 aliphatic carbocycles. The zero-order valence-corrected chi connectivity index (χ0v) is 10.7. The van der Waals surface area contributed by atoms with Crippen molar-refractivity contribution in [1.29, 1.82) is 0 Å². The van der Waals surface area contributed by atoms with E-state index in [9.17, 15) is 0 Å². The summed E-state index contributed by atoms with van der Waals surface area (Å²) in [5, 5.41) is 9.02.